The van der Waals surface area contributed by atoms with Gasteiger partial charge in [0.1, 0.15) is 5.75 Å². The largest absolute Gasteiger partial charge is 0.497 e. The van der Waals surface area contributed by atoms with Crippen molar-refractivity contribution < 1.29 is 14.3 Å². The number of Topliss-reactive ketones (excluding diaryl/α,β-unsaturated/α-hetero) is 2. The summed E-state index contributed by atoms with van der Waals surface area (Å²) in [7, 11) is 1.52. The van der Waals surface area contributed by atoms with Crippen LogP contribution in [-0.4, -0.2) is 18.7 Å². The van der Waals surface area contributed by atoms with E-state index in [0.29, 0.717) is 16.2 Å². The van der Waals surface area contributed by atoms with Crippen molar-refractivity contribution in [3.8, 4) is 5.75 Å². The second kappa shape index (κ2) is 4.93. The third-order valence-corrected chi connectivity index (χ3v) is 3.15. The van der Waals surface area contributed by atoms with Gasteiger partial charge in [-0.15, -0.1) is 11.3 Å². The van der Waals surface area contributed by atoms with Gasteiger partial charge < -0.3 is 4.74 Å². The smallest absolute Gasteiger partial charge is 0.243 e. The predicted octanol–water partition coefficient (Wildman–Crippen LogP) is 2.82. The minimum Gasteiger partial charge on any atom is -0.497 e. The molecule has 0 aliphatic heterocycles. The lowest BCUT2D eigenvalue weighted by atomic mass is 10.1. The summed E-state index contributed by atoms with van der Waals surface area (Å²) in [6.07, 6.45) is 0. The normalized spacial score (nSPS) is 9.94. The summed E-state index contributed by atoms with van der Waals surface area (Å²) in [6, 6.07) is 9.98. The first-order valence-corrected chi connectivity index (χ1v) is 5.87. The van der Waals surface area contributed by atoms with E-state index in [1.54, 1.807) is 41.8 Å². The van der Waals surface area contributed by atoms with Crippen molar-refractivity contribution in [2.45, 2.75) is 0 Å². The van der Waals surface area contributed by atoms with Gasteiger partial charge in [-0.3, -0.25) is 9.59 Å². The topological polar surface area (TPSA) is 43.4 Å². The predicted molar refractivity (Wildman–Crippen MR) is 66.0 cm³/mol. The zero-order valence-electron chi connectivity index (χ0n) is 9.17. The van der Waals surface area contributed by atoms with Gasteiger partial charge in [0.2, 0.25) is 11.6 Å². The van der Waals surface area contributed by atoms with E-state index in [-0.39, 0.29) is 0 Å². The van der Waals surface area contributed by atoms with E-state index in [2.05, 4.69) is 0 Å². The summed E-state index contributed by atoms with van der Waals surface area (Å²) in [5.74, 6) is -0.422. The van der Waals surface area contributed by atoms with Gasteiger partial charge >= 0.3 is 0 Å². The van der Waals surface area contributed by atoms with Crippen LogP contribution in [0.15, 0.2) is 41.8 Å². The van der Waals surface area contributed by atoms with Crippen LogP contribution in [0.4, 0.5) is 0 Å². The molecule has 0 aliphatic carbocycles. The lowest BCUT2D eigenvalue weighted by molar-refractivity contribution is 0.0819. The highest BCUT2D eigenvalue weighted by atomic mass is 32.1. The molecule has 0 amide bonds. The van der Waals surface area contributed by atoms with Crippen LogP contribution < -0.4 is 4.74 Å². The first-order chi connectivity index (χ1) is 8.22. The number of ether oxygens (including phenoxy) is 1. The molecule has 0 spiro atoms. The minimum absolute atomic E-state index is 0.350. The van der Waals surface area contributed by atoms with Crippen molar-refractivity contribution in [3.05, 3.63) is 52.2 Å². The number of benzene rings is 1. The van der Waals surface area contributed by atoms with Crippen LogP contribution >= 0.6 is 11.3 Å². The number of thiophene rings is 1. The summed E-state index contributed by atoms with van der Waals surface area (Å²) in [5, 5.41) is 1.77. The second-order valence-corrected chi connectivity index (χ2v) is 4.32. The number of rotatable bonds is 4. The summed E-state index contributed by atoms with van der Waals surface area (Å²) in [5.41, 5.74) is 0.350. The molecule has 1 aromatic carbocycles. The zero-order valence-corrected chi connectivity index (χ0v) is 9.99. The van der Waals surface area contributed by atoms with Gasteiger partial charge in [-0.25, -0.2) is 0 Å². The number of carbonyl (C=O) groups excluding carboxylic acids is 2. The third kappa shape index (κ3) is 2.42. The minimum atomic E-state index is -0.508. The van der Waals surface area contributed by atoms with Gasteiger partial charge in [-0.2, -0.15) is 0 Å². The molecule has 17 heavy (non-hydrogen) atoms. The summed E-state index contributed by atoms with van der Waals surface area (Å²) in [6.45, 7) is 0. The molecule has 0 saturated heterocycles. The van der Waals surface area contributed by atoms with E-state index in [1.165, 1.54) is 18.4 Å². The molecular formula is C13H10O3S. The molecule has 0 atom stereocenters. The van der Waals surface area contributed by atoms with Gasteiger partial charge in [-0.1, -0.05) is 18.2 Å². The fraction of sp³-hybridized carbons (Fsp3) is 0.0769. The van der Waals surface area contributed by atoms with E-state index in [4.69, 9.17) is 4.74 Å². The van der Waals surface area contributed by atoms with Crippen LogP contribution in [0.1, 0.15) is 20.0 Å². The van der Waals surface area contributed by atoms with E-state index < -0.39 is 11.6 Å². The average molecular weight is 246 g/mol. The average Bonchev–Trinajstić information content (AvgIpc) is 2.91. The van der Waals surface area contributed by atoms with Crippen LogP contribution in [0.3, 0.4) is 0 Å². The van der Waals surface area contributed by atoms with E-state index in [1.807, 2.05) is 0 Å². The van der Waals surface area contributed by atoms with Crippen LogP contribution in [-0.2, 0) is 0 Å². The van der Waals surface area contributed by atoms with Crippen LogP contribution in [0.5, 0.6) is 5.75 Å². The molecule has 3 nitrogen and oxygen atoms in total. The quantitative estimate of drug-likeness (QED) is 0.615. The molecule has 0 radical (unpaired) electrons. The van der Waals surface area contributed by atoms with Gasteiger partial charge in [0.05, 0.1) is 12.0 Å². The number of hydrogen-bond donors (Lipinski definition) is 0. The fourth-order valence-corrected chi connectivity index (χ4v) is 2.08. The van der Waals surface area contributed by atoms with Crippen molar-refractivity contribution in [3.63, 3.8) is 0 Å². The first kappa shape index (κ1) is 11.5. The molecule has 0 saturated carbocycles. The second-order valence-electron chi connectivity index (χ2n) is 3.37. The van der Waals surface area contributed by atoms with Crippen molar-refractivity contribution in [1.82, 2.24) is 0 Å². The first-order valence-electron chi connectivity index (χ1n) is 4.99. The Morgan fingerprint density at radius 1 is 1.12 bits per heavy atom. The Labute approximate surface area is 103 Å². The molecule has 0 fully saturated rings. The van der Waals surface area contributed by atoms with E-state index in [9.17, 15) is 9.59 Å². The number of ketones is 2. The highest BCUT2D eigenvalue weighted by molar-refractivity contribution is 7.13. The molecular weight excluding hydrogens is 236 g/mol. The number of hydrogen-bond acceptors (Lipinski definition) is 4. The van der Waals surface area contributed by atoms with Crippen LogP contribution in [0.2, 0.25) is 0 Å². The fourth-order valence-electron chi connectivity index (χ4n) is 1.42. The molecule has 4 heteroatoms. The molecule has 86 valence electrons. The lowest BCUT2D eigenvalue weighted by Crippen LogP contribution is -2.13. The van der Waals surface area contributed by atoms with Gasteiger partial charge in [0.15, 0.2) is 0 Å². The Kier molecular flexibility index (Phi) is 3.35. The van der Waals surface area contributed by atoms with Crippen molar-refractivity contribution in [2.75, 3.05) is 7.11 Å². The molecule has 0 bridgehead atoms. The van der Waals surface area contributed by atoms with Gasteiger partial charge in [-0.05, 0) is 23.6 Å². The van der Waals surface area contributed by atoms with Crippen molar-refractivity contribution in [1.29, 1.82) is 0 Å². The third-order valence-electron chi connectivity index (χ3n) is 2.28. The van der Waals surface area contributed by atoms with Crippen LogP contribution in [0.25, 0.3) is 0 Å². The highest BCUT2D eigenvalue weighted by Crippen LogP contribution is 2.16. The highest BCUT2D eigenvalue weighted by Gasteiger charge is 2.19. The molecule has 2 rings (SSSR count). The Bertz CT molecular complexity index is 544. The van der Waals surface area contributed by atoms with E-state index >= 15 is 0 Å². The molecule has 2 aromatic rings. The molecule has 0 unspecified atom stereocenters. The van der Waals surface area contributed by atoms with Crippen molar-refractivity contribution in [2.24, 2.45) is 0 Å². The van der Waals surface area contributed by atoms with E-state index in [0.717, 1.165) is 0 Å². The summed E-state index contributed by atoms with van der Waals surface area (Å²) < 4.78 is 5.01. The standard InChI is InChI=1S/C13H10O3S/c1-16-10-5-2-4-9(8-10)12(14)13(15)11-6-3-7-17-11/h2-8H,1H3. The SMILES string of the molecule is COc1cccc(C(=O)C(=O)c2cccs2)c1. The Balaban J connectivity index is 2.28. The molecule has 0 N–H and O–H groups in total. The summed E-state index contributed by atoms with van der Waals surface area (Å²) in [4.78, 5) is 24.2. The lowest BCUT2D eigenvalue weighted by Gasteiger charge is -2.02. The van der Waals surface area contributed by atoms with Gasteiger partial charge in [0.25, 0.3) is 0 Å². The molecule has 0 aliphatic rings. The maximum Gasteiger partial charge on any atom is 0.243 e. The number of methoxy groups -OCH3 is 1. The van der Waals surface area contributed by atoms with Gasteiger partial charge in [0, 0.05) is 5.56 Å². The maximum absolute atomic E-state index is 11.9. The molecule has 1 aromatic heterocycles. The molecule has 1 heterocycles. The Morgan fingerprint density at radius 2 is 1.94 bits per heavy atom. The van der Waals surface area contributed by atoms with Crippen LogP contribution in [0, 0.1) is 0 Å². The Morgan fingerprint density at radius 3 is 2.59 bits per heavy atom. The zero-order chi connectivity index (χ0) is 12.3. The van der Waals surface area contributed by atoms with Crippen molar-refractivity contribution >= 4 is 22.9 Å². The monoisotopic (exact) mass is 246 g/mol. The maximum atomic E-state index is 11.9. The number of carbonyl (C=O) groups is 2. The summed E-state index contributed by atoms with van der Waals surface area (Å²) >= 11 is 1.26. The Hall–Kier alpha value is -1.94.